The number of carbonyl (C=O) groups is 1. The van der Waals surface area contributed by atoms with E-state index in [1.54, 1.807) is 44.2 Å². The van der Waals surface area contributed by atoms with Crippen LogP contribution in [0, 0.1) is 11.8 Å². The minimum absolute atomic E-state index is 0.0758. The first-order valence-corrected chi connectivity index (χ1v) is 12.5. The van der Waals surface area contributed by atoms with E-state index >= 15 is 0 Å². The molecule has 0 aliphatic rings. The molecule has 0 aliphatic carbocycles. The normalized spacial score (nSPS) is 14.3. The highest BCUT2D eigenvalue weighted by Gasteiger charge is 2.29. The Labute approximate surface area is 219 Å². The SMILES string of the molecule is CC(C)(O)CC[C@H](C[C@H](O)[C@H](Cc1cccc(F)c1)NC(=O)c1cnc2ccccc2n1)c1ncc(F)[nH]1. The minimum atomic E-state index is -1.12. The van der Waals surface area contributed by atoms with Crippen molar-refractivity contribution in [2.75, 3.05) is 0 Å². The minimum Gasteiger partial charge on any atom is -0.391 e. The molecule has 2 aromatic heterocycles. The lowest BCUT2D eigenvalue weighted by Gasteiger charge is -2.28. The molecule has 4 aromatic rings. The van der Waals surface area contributed by atoms with Gasteiger partial charge < -0.3 is 20.5 Å². The first kappa shape index (κ1) is 27.3. The zero-order valence-corrected chi connectivity index (χ0v) is 21.2. The summed E-state index contributed by atoms with van der Waals surface area (Å²) in [6.45, 7) is 3.33. The zero-order valence-electron chi connectivity index (χ0n) is 21.2. The molecule has 0 saturated heterocycles. The van der Waals surface area contributed by atoms with Crippen molar-refractivity contribution in [1.29, 1.82) is 0 Å². The van der Waals surface area contributed by atoms with Crippen LogP contribution in [0.3, 0.4) is 0 Å². The molecule has 4 N–H and O–H groups in total. The Bertz CT molecular complexity index is 1390. The first-order valence-electron chi connectivity index (χ1n) is 12.5. The number of aliphatic hydroxyl groups is 2. The van der Waals surface area contributed by atoms with Crippen LogP contribution in [0.2, 0.25) is 0 Å². The first-order chi connectivity index (χ1) is 18.1. The third-order valence-corrected chi connectivity index (χ3v) is 6.39. The molecule has 4 rings (SSSR count). The summed E-state index contributed by atoms with van der Waals surface area (Å²) in [5.74, 6) is -1.69. The van der Waals surface area contributed by atoms with E-state index in [9.17, 15) is 23.8 Å². The Hall–Kier alpha value is -3.76. The van der Waals surface area contributed by atoms with E-state index in [1.165, 1.54) is 18.3 Å². The van der Waals surface area contributed by atoms with E-state index in [1.807, 2.05) is 6.07 Å². The molecule has 38 heavy (non-hydrogen) atoms. The van der Waals surface area contributed by atoms with Gasteiger partial charge in [-0.05, 0) is 69.4 Å². The standard InChI is InChI=1S/C28H31F2N5O3/c1-28(2,38)11-10-18(26-32-16-25(30)35-26)14-24(36)22(13-17-6-5-7-19(29)12-17)34-27(37)23-15-31-20-8-3-4-9-21(20)33-23/h3-9,12,15-16,18,22,24,36,38H,10-11,13-14H2,1-2H3,(H,32,35)(H,34,37)/t18-,22+,24+/m1/s1. The quantitative estimate of drug-likeness (QED) is 0.235. The van der Waals surface area contributed by atoms with Crippen molar-refractivity contribution in [2.24, 2.45) is 0 Å². The molecule has 0 spiro atoms. The highest BCUT2D eigenvalue weighted by molar-refractivity contribution is 5.94. The van der Waals surface area contributed by atoms with Crippen LogP contribution in [0.1, 0.15) is 60.9 Å². The molecule has 200 valence electrons. The molecule has 0 fully saturated rings. The van der Waals surface area contributed by atoms with Gasteiger partial charge in [0.2, 0.25) is 5.95 Å². The van der Waals surface area contributed by atoms with E-state index < -0.39 is 41.3 Å². The molecule has 3 atom stereocenters. The molecule has 2 heterocycles. The number of carbonyl (C=O) groups excluding carboxylic acids is 1. The molecule has 0 saturated carbocycles. The van der Waals surface area contributed by atoms with Crippen molar-refractivity contribution in [3.63, 3.8) is 0 Å². The second kappa shape index (κ2) is 11.7. The Morgan fingerprint density at radius 2 is 1.84 bits per heavy atom. The Morgan fingerprint density at radius 3 is 2.53 bits per heavy atom. The van der Waals surface area contributed by atoms with E-state index in [2.05, 4.69) is 25.3 Å². The molecular weight excluding hydrogens is 492 g/mol. The van der Waals surface area contributed by atoms with Crippen LogP contribution in [0.15, 0.2) is 60.9 Å². The number of aromatic amines is 1. The van der Waals surface area contributed by atoms with E-state index in [0.29, 0.717) is 35.3 Å². The van der Waals surface area contributed by atoms with Crippen LogP contribution in [0.25, 0.3) is 11.0 Å². The number of benzene rings is 2. The van der Waals surface area contributed by atoms with Gasteiger partial charge in [-0.1, -0.05) is 24.3 Å². The van der Waals surface area contributed by atoms with Crippen molar-refractivity contribution in [2.45, 2.75) is 63.2 Å². The molecule has 2 aromatic carbocycles. The third kappa shape index (κ3) is 7.39. The van der Waals surface area contributed by atoms with Crippen LogP contribution >= 0.6 is 0 Å². The fraction of sp³-hybridized carbons (Fsp3) is 0.357. The number of nitrogens with zero attached hydrogens (tertiary/aromatic N) is 3. The number of rotatable bonds is 11. The molecule has 0 bridgehead atoms. The highest BCUT2D eigenvalue weighted by atomic mass is 19.1. The second-order valence-corrected chi connectivity index (χ2v) is 10.1. The number of para-hydroxylation sites is 2. The number of imidazole rings is 1. The van der Waals surface area contributed by atoms with Gasteiger partial charge in [0.15, 0.2) is 0 Å². The van der Waals surface area contributed by atoms with Gasteiger partial charge in [-0.3, -0.25) is 9.78 Å². The van der Waals surface area contributed by atoms with Crippen molar-refractivity contribution in [3.8, 4) is 0 Å². The number of H-pyrrole nitrogens is 1. The summed E-state index contributed by atoms with van der Waals surface area (Å²) in [6.07, 6.45) is 2.33. The van der Waals surface area contributed by atoms with Gasteiger partial charge in [0.25, 0.3) is 5.91 Å². The maximum Gasteiger partial charge on any atom is 0.271 e. The molecule has 0 aliphatic heterocycles. The number of aromatic nitrogens is 4. The molecule has 1 amide bonds. The van der Waals surface area contributed by atoms with Gasteiger partial charge in [0, 0.05) is 5.92 Å². The van der Waals surface area contributed by atoms with Gasteiger partial charge in [-0.25, -0.2) is 14.4 Å². The predicted molar refractivity (Wildman–Crippen MR) is 138 cm³/mol. The Morgan fingerprint density at radius 1 is 1.08 bits per heavy atom. The lowest BCUT2D eigenvalue weighted by molar-refractivity contribution is 0.0593. The van der Waals surface area contributed by atoms with Crippen molar-refractivity contribution in [3.05, 3.63) is 89.8 Å². The number of fused-ring (bicyclic) bond motifs is 1. The summed E-state index contributed by atoms with van der Waals surface area (Å²) >= 11 is 0. The monoisotopic (exact) mass is 523 g/mol. The average Bonchev–Trinajstić information content (AvgIpc) is 3.31. The maximum atomic E-state index is 13.9. The summed E-state index contributed by atoms with van der Waals surface area (Å²) in [4.78, 5) is 28.5. The van der Waals surface area contributed by atoms with Crippen LogP contribution in [-0.2, 0) is 6.42 Å². The summed E-state index contributed by atoms with van der Waals surface area (Å²) in [7, 11) is 0. The van der Waals surface area contributed by atoms with Gasteiger partial charge in [0.05, 0.1) is 41.2 Å². The second-order valence-electron chi connectivity index (χ2n) is 10.1. The van der Waals surface area contributed by atoms with Gasteiger partial charge in [-0.15, -0.1) is 0 Å². The van der Waals surface area contributed by atoms with Crippen molar-refractivity contribution < 1.29 is 23.8 Å². The molecular formula is C28H31F2N5O3. The van der Waals surface area contributed by atoms with Gasteiger partial charge in [-0.2, -0.15) is 4.39 Å². The summed E-state index contributed by atoms with van der Waals surface area (Å²) in [5.41, 5.74) is 0.871. The van der Waals surface area contributed by atoms with E-state index in [0.717, 1.165) is 6.20 Å². The summed E-state index contributed by atoms with van der Waals surface area (Å²) < 4.78 is 27.6. The zero-order chi connectivity index (χ0) is 27.3. The summed E-state index contributed by atoms with van der Waals surface area (Å²) in [6, 6.07) is 12.2. The largest absolute Gasteiger partial charge is 0.391 e. The van der Waals surface area contributed by atoms with Crippen molar-refractivity contribution >= 4 is 16.9 Å². The number of halogens is 2. The molecule has 0 unspecified atom stereocenters. The van der Waals surface area contributed by atoms with Crippen LogP contribution < -0.4 is 5.32 Å². The predicted octanol–water partition coefficient (Wildman–Crippen LogP) is 4.06. The topological polar surface area (TPSA) is 124 Å². The highest BCUT2D eigenvalue weighted by Crippen LogP contribution is 2.29. The Balaban J connectivity index is 1.58. The van der Waals surface area contributed by atoms with E-state index in [-0.39, 0.29) is 18.5 Å². The number of hydrogen-bond donors (Lipinski definition) is 4. The average molecular weight is 524 g/mol. The number of nitrogens with one attached hydrogen (secondary N) is 2. The fourth-order valence-corrected chi connectivity index (χ4v) is 4.38. The summed E-state index contributed by atoms with van der Waals surface area (Å²) in [5, 5.41) is 24.4. The Kier molecular flexibility index (Phi) is 8.43. The molecule has 10 heteroatoms. The lowest BCUT2D eigenvalue weighted by atomic mass is 9.87. The van der Waals surface area contributed by atoms with Gasteiger partial charge in [0.1, 0.15) is 17.3 Å². The van der Waals surface area contributed by atoms with Gasteiger partial charge >= 0.3 is 0 Å². The maximum absolute atomic E-state index is 13.9. The van der Waals surface area contributed by atoms with Crippen molar-refractivity contribution in [1.82, 2.24) is 25.3 Å². The number of hydrogen-bond acceptors (Lipinski definition) is 6. The van der Waals surface area contributed by atoms with Crippen LogP contribution in [0.4, 0.5) is 8.78 Å². The smallest absolute Gasteiger partial charge is 0.271 e. The lowest BCUT2D eigenvalue weighted by Crippen LogP contribution is -2.45. The fourth-order valence-electron chi connectivity index (χ4n) is 4.38. The number of amides is 1. The molecule has 8 nitrogen and oxygen atoms in total. The van der Waals surface area contributed by atoms with Crippen LogP contribution in [0.5, 0.6) is 0 Å². The third-order valence-electron chi connectivity index (χ3n) is 6.39. The molecule has 0 radical (unpaired) electrons. The van der Waals surface area contributed by atoms with E-state index in [4.69, 9.17) is 0 Å². The number of aliphatic hydroxyl groups excluding tert-OH is 1. The van der Waals surface area contributed by atoms with Crippen LogP contribution in [-0.4, -0.2) is 53.8 Å².